The zero-order valence-electron chi connectivity index (χ0n) is 15.0. The van der Waals surface area contributed by atoms with Gasteiger partial charge in [0.2, 0.25) is 0 Å². The van der Waals surface area contributed by atoms with Gasteiger partial charge in [-0.1, -0.05) is 6.07 Å². The lowest BCUT2D eigenvalue weighted by Gasteiger charge is -2.19. The summed E-state index contributed by atoms with van der Waals surface area (Å²) in [6, 6.07) is 6.20. The molecule has 0 aliphatic carbocycles. The number of benzene rings is 1. The molecule has 0 aliphatic rings. The van der Waals surface area contributed by atoms with Crippen LogP contribution in [-0.2, 0) is 6.18 Å². The smallest absolute Gasteiger partial charge is 0.433 e. The fraction of sp³-hybridized carbons (Fsp3) is 0.278. The van der Waals surface area contributed by atoms with E-state index >= 15 is 0 Å². The van der Waals surface area contributed by atoms with E-state index in [1.165, 1.54) is 12.3 Å². The van der Waals surface area contributed by atoms with Crippen molar-refractivity contribution < 1.29 is 27.8 Å². The van der Waals surface area contributed by atoms with E-state index in [2.05, 4.69) is 20.5 Å². The fourth-order valence-electron chi connectivity index (χ4n) is 2.35. The van der Waals surface area contributed by atoms with Gasteiger partial charge < -0.3 is 15.2 Å². The van der Waals surface area contributed by atoms with Crippen molar-refractivity contribution in [2.45, 2.75) is 25.6 Å². The Kier molecular flexibility index (Phi) is 4.99. The summed E-state index contributed by atoms with van der Waals surface area (Å²) in [5.74, 6) is -0.610. The highest BCUT2D eigenvalue weighted by molar-refractivity contribution is 6.05. The first-order chi connectivity index (χ1) is 13.0. The highest BCUT2D eigenvalue weighted by atomic mass is 19.4. The van der Waals surface area contributed by atoms with Crippen LogP contribution < -0.4 is 10.1 Å². The van der Waals surface area contributed by atoms with Gasteiger partial charge in [-0.15, -0.1) is 0 Å². The molecule has 3 aromatic rings. The zero-order chi connectivity index (χ0) is 20.5. The SMILES string of the molecule is CC(C)(O)COc1cc2[nH]ncc2cc1NC(=O)c1cccc(C(F)(F)F)n1. The number of nitrogens with zero attached hydrogens (tertiary/aromatic N) is 2. The summed E-state index contributed by atoms with van der Waals surface area (Å²) in [5.41, 5.74) is -1.85. The van der Waals surface area contributed by atoms with Gasteiger partial charge >= 0.3 is 6.18 Å². The van der Waals surface area contributed by atoms with Crippen LogP contribution in [0.4, 0.5) is 18.9 Å². The summed E-state index contributed by atoms with van der Waals surface area (Å²) in [6.07, 6.45) is -3.14. The van der Waals surface area contributed by atoms with E-state index < -0.39 is 29.1 Å². The maximum absolute atomic E-state index is 12.8. The first-order valence-electron chi connectivity index (χ1n) is 8.21. The van der Waals surface area contributed by atoms with E-state index in [9.17, 15) is 23.1 Å². The van der Waals surface area contributed by atoms with Crippen LogP contribution in [0.5, 0.6) is 5.75 Å². The van der Waals surface area contributed by atoms with Crippen LogP contribution in [0, 0.1) is 0 Å². The quantitative estimate of drug-likeness (QED) is 0.616. The molecular weight excluding hydrogens is 377 g/mol. The lowest BCUT2D eigenvalue weighted by atomic mass is 10.1. The molecule has 0 bridgehead atoms. The van der Waals surface area contributed by atoms with Crippen LogP contribution in [0.3, 0.4) is 0 Å². The lowest BCUT2D eigenvalue weighted by molar-refractivity contribution is -0.141. The van der Waals surface area contributed by atoms with Crippen LogP contribution in [0.2, 0.25) is 0 Å². The summed E-state index contributed by atoms with van der Waals surface area (Å²) in [5, 5.41) is 19.7. The number of aliphatic hydroxyl groups is 1. The number of carbonyl (C=O) groups is 1. The second-order valence-electron chi connectivity index (χ2n) is 6.77. The third-order valence-corrected chi connectivity index (χ3v) is 3.64. The van der Waals surface area contributed by atoms with Gasteiger partial charge in [0.25, 0.3) is 5.91 Å². The number of pyridine rings is 1. The number of rotatable bonds is 5. The maximum atomic E-state index is 12.8. The molecule has 0 saturated carbocycles. The minimum Gasteiger partial charge on any atom is -0.488 e. The number of amides is 1. The van der Waals surface area contributed by atoms with Crippen LogP contribution in [0.15, 0.2) is 36.5 Å². The Hall–Kier alpha value is -3.14. The van der Waals surface area contributed by atoms with E-state index in [4.69, 9.17) is 4.74 Å². The van der Waals surface area contributed by atoms with Crippen molar-refractivity contribution in [2.24, 2.45) is 0 Å². The average Bonchev–Trinajstić information content (AvgIpc) is 3.05. The van der Waals surface area contributed by atoms with Gasteiger partial charge in [0.15, 0.2) is 0 Å². The van der Waals surface area contributed by atoms with Crippen molar-refractivity contribution in [2.75, 3.05) is 11.9 Å². The van der Waals surface area contributed by atoms with Crippen molar-refractivity contribution in [1.29, 1.82) is 0 Å². The van der Waals surface area contributed by atoms with Gasteiger partial charge in [0.05, 0.1) is 23.0 Å². The molecule has 7 nitrogen and oxygen atoms in total. The minimum absolute atomic E-state index is 0.0721. The minimum atomic E-state index is -4.66. The normalized spacial score (nSPS) is 12.2. The van der Waals surface area contributed by atoms with Crippen LogP contribution in [-0.4, -0.2) is 38.4 Å². The number of nitrogens with one attached hydrogen (secondary N) is 2. The van der Waals surface area contributed by atoms with Crippen molar-refractivity contribution in [3.63, 3.8) is 0 Å². The summed E-state index contributed by atoms with van der Waals surface area (Å²) in [4.78, 5) is 15.8. The number of aromatic nitrogens is 3. The predicted octanol–water partition coefficient (Wildman–Crippen LogP) is 3.38. The van der Waals surface area contributed by atoms with Gasteiger partial charge in [-0.05, 0) is 32.0 Å². The third kappa shape index (κ3) is 4.58. The molecule has 0 atom stereocenters. The van der Waals surface area contributed by atoms with Gasteiger partial charge in [0.1, 0.15) is 23.7 Å². The summed E-state index contributed by atoms with van der Waals surface area (Å²) >= 11 is 0. The van der Waals surface area contributed by atoms with Gasteiger partial charge in [-0.2, -0.15) is 18.3 Å². The second-order valence-corrected chi connectivity index (χ2v) is 6.77. The van der Waals surface area contributed by atoms with E-state index in [1.54, 1.807) is 26.0 Å². The molecule has 0 spiro atoms. The number of H-pyrrole nitrogens is 1. The van der Waals surface area contributed by atoms with Crippen LogP contribution >= 0.6 is 0 Å². The largest absolute Gasteiger partial charge is 0.488 e. The first-order valence-corrected chi connectivity index (χ1v) is 8.21. The Balaban J connectivity index is 1.91. The monoisotopic (exact) mass is 394 g/mol. The molecule has 10 heteroatoms. The molecule has 2 aromatic heterocycles. The number of carbonyl (C=O) groups excluding carboxylic acids is 1. The Labute approximate surface area is 157 Å². The number of fused-ring (bicyclic) bond motifs is 1. The van der Waals surface area contributed by atoms with E-state index in [1.807, 2.05) is 0 Å². The molecular formula is C18H17F3N4O3. The van der Waals surface area contributed by atoms with Crippen molar-refractivity contribution in [3.05, 3.63) is 47.9 Å². The molecule has 3 N–H and O–H groups in total. The van der Waals surface area contributed by atoms with E-state index in [0.717, 1.165) is 12.1 Å². The lowest BCUT2D eigenvalue weighted by Crippen LogP contribution is -2.28. The number of aromatic amines is 1. The Morgan fingerprint density at radius 3 is 2.71 bits per heavy atom. The standard InChI is InChI=1S/C18H17F3N4O3/c1-17(2,27)9-28-14-7-12-10(8-22-25-12)6-13(14)24-16(26)11-4-3-5-15(23-11)18(19,20)21/h3-8,27H,9H2,1-2H3,(H,22,25)(H,24,26). The van der Waals surface area contributed by atoms with Crippen molar-refractivity contribution >= 4 is 22.5 Å². The molecule has 148 valence electrons. The maximum Gasteiger partial charge on any atom is 0.433 e. The molecule has 2 heterocycles. The number of hydrogen-bond donors (Lipinski definition) is 3. The first kappa shape index (κ1) is 19.6. The Morgan fingerprint density at radius 2 is 2.04 bits per heavy atom. The number of ether oxygens (including phenoxy) is 1. The topological polar surface area (TPSA) is 100 Å². The molecule has 1 aromatic carbocycles. The number of hydrogen-bond acceptors (Lipinski definition) is 5. The van der Waals surface area contributed by atoms with Gasteiger partial charge in [-0.3, -0.25) is 9.89 Å². The molecule has 0 radical (unpaired) electrons. The molecule has 28 heavy (non-hydrogen) atoms. The number of alkyl halides is 3. The van der Waals surface area contributed by atoms with Crippen molar-refractivity contribution in [3.8, 4) is 5.75 Å². The summed E-state index contributed by atoms with van der Waals surface area (Å²) < 4.78 is 44.1. The summed E-state index contributed by atoms with van der Waals surface area (Å²) in [6.45, 7) is 3.02. The van der Waals surface area contributed by atoms with Crippen molar-refractivity contribution in [1.82, 2.24) is 15.2 Å². The van der Waals surface area contributed by atoms with Crippen LogP contribution in [0.1, 0.15) is 30.0 Å². The Morgan fingerprint density at radius 1 is 1.29 bits per heavy atom. The number of anilines is 1. The average molecular weight is 394 g/mol. The van der Waals surface area contributed by atoms with Crippen LogP contribution in [0.25, 0.3) is 10.9 Å². The molecule has 0 fully saturated rings. The predicted molar refractivity (Wildman–Crippen MR) is 95.1 cm³/mol. The summed E-state index contributed by atoms with van der Waals surface area (Å²) in [7, 11) is 0. The zero-order valence-corrected chi connectivity index (χ0v) is 15.0. The molecule has 1 amide bonds. The van der Waals surface area contributed by atoms with E-state index in [-0.39, 0.29) is 18.0 Å². The molecule has 0 aliphatic heterocycles. The Bertz CT molecular complexity index is 1010. The second kappa shape index (κ2) is 7.12. The molecule has 3 rings (SSSR count). The highest BCUT2D eigenvalue weighted by Crippen LogP contribution is 2.31. The molecule has 0 unspecified atom stereocenters. The van der Waals surface area contributed by atoms with E-state index in [0.29, 0.717) is 10.9 Å². The van der Waals surface area contributed by atoms with Gasteiger partial charge in [0, 0.05) is 11.5 Å². The highest BCUT2D eigenvalue weighted by Gasteiger charge is 2.33. The fourth-order valence-corrected chi connectivity index (χ4v) is 2.35. The third-order valence-electron chi connectivity index (χ3n) is 3.64. The van der Waals surface area contributed by atoms with Gasteiger partial charge in [-0.25, -0.2) is 4.98 Å². The molecule has 0 saturated heterocycles. The number of halogens is 3.